The zero-order valence-electron chi connectivity index (χ0n) is 12.1. The number of hydrogen-bond acceptors (Lipinski definition) is 3. The van der Waals surface area contributed by atoms with Crippen LogP contribution in [-0.4, -0.2) is 48.1 Å². The number of halogens is 1. The highest BCUT2D eigenvalue weighted by atomic mass is 79.9. The quantitative estimate of drug-likeness (QED) is 0.920. The van der Waals surface area contributed by atoms with Crippen LogP contribution in [0.4, 0.5) is 0 Å². The zero-order valence-corrected chi connectivity index (χ0v) is 13.7. The average Bonchev–Trinajstić information content (AvgIpc) is 2.88. The molecule has 2 saturated heterocycles. The normalized spacial score (nSPS) is 27.2. The van der Waals surface area contributed by atoms with Gasteiger partial charge in [-0.1, -0.05) is 34.1 Å². The van der Waals surface area contributed by atoms with E-state index in [1.165, 1.54) is 36.0 Å². The van der Waals surface area contributed by atoms with Gasteiger partial charge in [-0.3, -0.25) is 9.80 Å². The molecule has 3 rings (SSSR count). The Balaban J connectivity index is 1.82. The number of rotatable bonds is 3. The summed E-state index contributed by atoms with van der Waals surface area (Å²) in [6, 6.07) is 9.71. The van der Waals surface area contributed by atoms with E-state index in [2.05, 4.69) is 56.9 Å². The lowest BCUT2D eigenvalue weighted by Crippen LogP contribution is -2.53. The van der Waals surface area contributed by atoms with Gasteiger partial charge in [0.25, 0.3) is 0 Å². The van der Waals surface area contributed by atoms with Gasteiger partial charge in [0.05, 0.1) is 6.04 Å². The summed E-state index contributed by atoms with van der Waals surface area (Å²) >= 11 is 3.70. The van der Waals surface area contributed by atoms with E-state index in [9.17, 15) is 0 Å². The lowest BCUT2D eigenvalue weighted by Gasteiger charge is -2.43. The molecule has 0 aliphatic carbocycles. The molecule has 3 nitrogen and oxygen atoms in total. The average molecular weight is 338 g/mol. The van der Waals surface area contributed by atoms with Gasteiger partial charge >= 0.3 is 0 Å². The van der Waals surface area contributed by atoms with Crippen molar-refractivity contribution in [2.24, 2.45) is 5.73 Å². The van der Waals surface area contributed by atoms with Crippen molar-refractivity contribution in [3.8, 4) is 0 Å². The third-order valence-electron chi connectivity index (χ3n) is 4.73. The number of nitrogens with zero attached hydrogens (tertiary/aromatic N) is 2. The Hall–Kier alpha value is -0.420. The highest BCUT2D eigenvalue weighted by Crippen LogP contribution is 2.33. The van der Waals surface area contributed by atoms with Gasteiger partial charge < -0.3 is 5.73 Å². The number of fused-ring (bicyclic) bond motifs is 1. The Labute approximate surface area is 130 Å². The minimum Gasteiger partial charge on any atom is -0.326 e. The predicted octanol–water partition coefficient (Wildman–Crippen LogP) is 2.62. The molecule has 0 saturated carbocycles. The molecule has 0 spiro atoms. The van der Waals surface area contributed by atoms with Crippen LogP contribution in [0.25, 0.3) is 0 Å². The van der Waals surface area contributed by atoms with Gasteiger partial charge in [0.2, 0.25) is 0 Å². The van der Waals surface area contributed by atoms with Crippen molar-refractivity contribution in [3.05, 3.63) is 34.3 Å². The topological polar surface area (TPSA) is 32.5 Å². The standard InChI is InChI=1S/C16H24BrN3/c1-12(18)16(14-6-2-3-7-15(14)17)20-10-9-19-8-4-5-13(19)11-20/h2-3,6-7,12-13,16H,4-5,8-11,18H2,1H3. The molecule has 0 bridgehead atoms. The monoisotopic (exact) mass is 337 g/mol. The SMILES string of the molecule is CC(N)C(c1ccccc1Br)N1CCN2CCCC2C1. The zero-order chi connectivity index (χ0) is 14.1. The Morgan fingerprint density at radius 2 is 2.05 bits per heavy atom. The fourth-order valence-electron chi connectivity index (χ4n) is 3.80. The summed E-state index contributed by atoms with van der Waals surface area (Å²) in [7, 11) is 0. The van der Waals surface area contributed by atoms with Crippen LogP contribution in [0.5, 0.6) is 0 Å². The Morgan fingerprint density at radius 3 is 2.80 bits per heavy atom. The van der Waals surface area contributed by atoms with Crippen molar-refractivity contribution >= 4 is 15.9 Å². The number of hydrogen-bond donors (Lipinski definition) is 1. The van der Waals surface area contributed by atoms with Gasteiger partial charge in [-0.2, -0.15) is 0 Å². The maximum absolute atomic E-state index is 6.33. The Morgan fingerprint density at radius 1 is 1.25 bits per heavy atom. The van der Waals surface area contributed by atoms with Crippen LogP contribution >= 0.6 is 15.9 Å². The summed E-state index contributed by atoms with van der Waals surface area (Å²) in [6.45, 7) is 6.90. The van der Waals surface area contributed by atoms with Crippen LogP contribution in [0.3, 0.4) is 0 Å². The molecular weight excluding hydrogens is 314 g/mol. The van der Waals surface area contributed by atoms with E-state index in [4.69, 9.17) is 5.73 Å². The molecule has 3 atom stereocenters. The maximum Gasteiger partial charge on any atom is 0.0508 e. The molecular formula is C16H24BrN3. The summed E-state index contributed by atoms with van der Waals surface area (Å²) in [5.41, 5.74) is 7.66. The van der Waals surface area contributed by atoms with E-state index in [0.29, 0.717) is 6.04 Å². The number of nitrogens with two attached hydrogens (primary N) is 1. The summed E-state index contributed by atoms with van der Waals surface area (Å²) in [5.74, 6) is 0. The van der Waals surface area contributed by atoms with Crippen molar-refractivity contribution in [2.45, 2.75) is 37.9 Å². The van der Waals surface area contributed by atoms with Gasteiger partial charge in [0, 0.05) is 36.2 Å². The summed E-state index contributed by atoms with van der Waals surface area (Å²) in [4.78, 5) is 5.24. The molecule has 2 aliphatic heterocycles. The van der Waals surface area contributed by atoms with E-state index in [-0.39, 0.29) is 6.04 Å². The maximum atomic E-state index is 6.33. The highest BCUT2D eigenvalue weighted by molar-refractivity contribution is 9.10. The van der Waals surface area contributed by atoms with Gasteiger partial charge in [-0.15, -0.1) is 0 Å². The van der Waals surface area contributed by atoms with Crippen molar-refractivity contribution in [1.29, 1.82) is 0 Å². The second kappa shape index (κ2) is 6.14. The molecule has 0 aromatic heterocycles. The van der Waals surface area contributed by atoms with Gasteiger partial charge in [0.15, 0.2) is 0 Å². The fourth-order valence-corrected chi connectivity index (χ4v) is 4.31. The second-order valence-corrected chi connectivity index (χ2v) is 7.01. The smallest absolute Gasteiger partial charge is 0.0508 e. The molecule has 2 N–H and O–H groups in total. The molecule has 2 aliphatic rings. The fraction of sp³-hybridized carbons (Fsp3) is 0.625. The van der Waals surface area contributed by atoms with E-state index in [1.54, 1.807) is 0 Å². The van der Waals surface area contributed by atoms with Gasteiger partial charge in [-0.05, 0) is 37.9 Å². The van der Waals surface area contributed by atoms with Gasteiger partial charge in [-0.25, -0.2) is 0 Å². The molecule has 4 heteroatoms. The molecule has 1 aromatic carbocycles. The summed E-state index contributed by atoms with van der Waals surface area (Å²) in [6.07, 6.45) is 2.70. The molecule has 1 aromatic rings. The molecule has 110 valence electrons. The number of piperazine rings is 1. The van der Waals surface area contributed by atoms with Crippen LogP contribution in [-0.2, 0) is 0 Å². The Bertz CT molecular complexity index is 463. The van der Waals surface area contributed by atoms with Crippen molar-refractivity contribution < 1.29 is 0 Å². The third kappa shape index (κ3) is 2.80. The first-order valence-corrected chi connectivity index (χ1v) is 8.44. The molecule has 20 heavy (non-hydrogen) atoms. The van der Waals surface area contributed by atoms with Crippen molar-refractivity contribution in [1.82, 2.24) is 9.80 Å². The van der Waals surface area contributed by atoms with Crippen LogP contribution < -0.4 is 5.73 Å². The highest BCUT2D eigenvalue weighted by Gasteiger charge is 2.35. The number of benzene rings is 1. The third-order valence-corrected chi connectivity index (χ3v) is 5.46. The van der Waals surface area contributed by atoms with Crippen molar-refractivity contribution in [2.75, 3.05) is 26.2 Å². The van der Waals surface area contributed by atoms with Crippen LogP contribution in [0.1, 0.15) is 31.4 Å². The molecule has 2 fully saturated rings. The van der Waals surface area contributed by atoms with E-state index in [1.807, 2.05) is 0 Å². The molecule has 0 amide bonds. The summed E-state index contributed by atoms with van der Waals surface area (Å²) in [5, 5.41) is 0. The molecule has 0 radical (unpaired) electrons. The first-order valence-electron chi connectivity index (χ1n) is 7.65. The van der Waals surface area contributed by atoms with Crippen LogP contribution in [0, 0.1) is 0 Å². The Kier molecular flexibility index (Phi) is 4.46. The first kappa shape index (κ1) is 14.5. The lowest BCUT2D eigenvalue weighted by atomic mass is 9.97. The van der Waals surface area contributed by atoms with E-state index in [0.717, 1.165) is 19.1 Å². The second-order valence-electron chi connectivity index (χ2n) is 6.15. The van der Waals surface area contributed by atoms with Crippen molar-refractivity contribution in [3.63, 3.8) is 0 Å². The first-order chi connectivity index (χ1) is 9.66. The predicted molar refractivity (Wildman–Crippen MR) is 86.7 cm³/mol. The lowest BCUT2D eigenvalue weighted by molar-refractivity contribution is 0.0633. The summed E-state index contributed by atoms with van der Waals surface area (Å²) < 4.78 is 1.18. The van der Waals surface area contributed by atoms with Crippen LogP contribution in [0.2, 0.25) is 0 Å². The largest absolute Gasteiger partial charge is 0.326 e. The van der Waals surface area contributed by atoms with Crippen LogP contribution in [0.15, 0.2) is 28.7 Å². The minimum atomic E-state index is 0.140. The van der Waals surface area contributed by atoms with E-state index >= 15 is 0 Å². The molecule has 2 heterocycles. The molecule has 3 unspecified atom stereocenters. The van der Waals surface area contributed by atoms with Gasteiger partial charge in [0.1, 0.15) is 0 Å². The van der Waals surface area contributed by atoms with E-state index < -0.39 is 0 Å². The minimum absolute atomic E-state index is 0.140.